The van der Waals surface area contributed by atoms with Gasteiger partial charge in [0.25, 0.3) is 0 Å². The van der Waals surface area contributed by atoms with Crippen molar-refractivity contribution < 1.29 is 23.0 Å². The van der Waals surface area contributed by atoms with Crippen molar-refractivity contribution in [3.05, 3.63) is 93.5 Å². The number of halogens is 3. The highest BCUT2D eigenvalue weighted by molar-refractivity contribution is 6.32. The highest BCUT2D eigenvalue weighted by Crippen LogP contribution is 2.50. The molecule has 1 amide bonds. The third-order valence-corrected chi connectivity index (χ3v) is 9.72. The number of carbonyl (C=O) groups is 1. The van der Waals surface area contributed by atoms with Crippen molar-refractivity contribution in [1.29, 1.82) is 0 Å². The van der Waals surface area contributed by atoms with Crippen molar-refractivity contribution in [1.82, 2.24) is 10.2 Å². The summed E-state index contributed by atoms with van der Waals surface area (Å²) in [6, 6.07) is 16.6. The van der Waals surface area contributed by atoms with Gasteiger partial charge in [0.15, 0.2) is 11.6 Å². The molecule has 3 aliphatic rings. The summed E-state index contributed by atoms with van der Waals surface area (Å²) in [4.78, 5) is 16.6. The Kier molecular flexibility index (Phi) is 8.42. The van der Waals surface area contributed by atoms with Crippen molar-refractivity contribution in [3.63, 3.8) is 0 Å². The molecule has 1 heterocycles. The third-order valence-electron chi connectivity index (χ3n) is 9.37. The summed E-state index contributed by atoms with van der Waals surface area (Å²) in [6.45, 7) is 6.95. The van der Waals surface area contributed by atoms with Gasteiger partial charge in [-0.3, -0.25) is 4.79 Å². The SMILES string of the molecule is Cc1cccc(CN(C(=O)[C@H]2[C@H]3CNC[C@H]3C[C@@H]2c2ccc(OCCOc3c(F)ccc(F)c3Cl)cc2)C2CC2)c1C. The van der Waals surface area contributed by atoms with Gasteiger partial charge in [0.1, 0.15) is 29.8 Å². The minimum absolute atomic E-state index is 0.00875. The molecule has 0 bridgehead atoms. The van der Waals surface area contributed by atoms with E-state index in [2.05, 4.69) is 54.4 Å². The molecule has 8 heteroatoms. The molecule has 4 atom stereocenters. The summed E-state index contributed by atoms with van der Waals surface area (Å²) in [5.74, 6) is 0.0987. The number of aryl methyl sites for hydroxylation is 1. The predicted molar refractivity (Wildman–Crippen MR) is 159 cm³/mol. The number of rotatable bonds is 10. The fourth-order valence-electron chi connectivity index (χ4n) is 6.79. The number of amides is 1. The molecule has 3 aromatic rings. The number of nitrogens with zero attached hydrogens (tertiary/aromatic N) is 1. The lowest BCUT2D eigenvalue weighted by Gasteiger charge is -2.32. The fourth-order valence-corrected chi connectivity index (χ4v) is 7.00. The lowest BCUT2D eigenvalue weighted by molar-refractivity contribution is -0.138. The lowest BCUT2D eigenvalue weighted by atomic mass is 9.83. The van der Waals surface area contributed by atoms with E-state index < -0.39 is 11.6 Å². The van der Waals surface area contributed by atoms with Crippen LogP contribution in [0.15, 0.2) is 54.6 Å². The van der Waals surface area contributed by atoms with Gasteiger partial charge in [0, 0.05) is 18.5 Å². The van der Waals surface area contributed by atoms with Gasteiger partial charge in [0.2, 0.25) is 5.91 Å². The molecule has 0 radical (unpaired) electrons. The molecule has 3 aromatic carbocycles. The number of ether oxygens (including phenoxy) is 2. The van der Waals surface area contributed by atoms with Crippen LogP contribution in [0, 0.1) is 43.2 Å². The van der Waals surface area contributed by atoms with E-state index in [1.54, 1.807) is 0 Å². The number of carbonyl (C=O) groups excluding carboxylic acids is 1. The van der Waals surface area contributed by atoms with E-state index in [0.717, 1.165) is 50.0 Å². The zero-order valence-electron chi connectivity index (χ0n) is 24.0. The quantitative estimate of drug-likeness (QED) is 0.207. The Hall–Kier alpha value is -3.16. The highest BCUT2D eigenvalue weighted by Gasteiger charge is 2.51. The maximum absolute atomic E-state index is 14.4. The number of fused-ring (bicyclic) bond motifs is 1. The van der Waals surface area contributed by atoms with Crippen LogP contribution in [0.4, 0.5) is 8.78 Å². The normalized spacial score (nSPS) is 23.1. The first-order valence-corrected chi connectivity index (χ1v) is 15.2. The number of hydrogen-bond donors (Lipinski definition) is 1. The molecule has 1 N–H and O–H groups in total. The summed E-state index contributed by atoms with van der Waals surface area (Å²) < 4.78 is 38.7. The molecule has 2 aliphatic carbocycles. The first-order chi connectivity index (χ1) is 20.3. The van der Waals surface area contributed by atoms with Crippen molar-refractivity contribution in [2.45, 2.75) is 51.6 Å². The molecular formula is C34H37ClF2N2O3. The maximum atomic E-state index is 14.4. The van der Waals surface area contributed by atoms with Crippen molar-refractivity contribution >= 4 is 17.5 Å². The Labute approximate surface area is 251 Å². The second-order valence-electron chi connectivity index (χ2n) is 11.9. The largest absolute Gasteiger partial charge is 0.490 e. The molecule has 3 fully saturated rings. The third kappa shape index (κ3) is 5.86. The van der Waals surface area contributed by atoms with Crippen molar-refractivity contribution in [2.75, 3.05) is 26.3 Å². The standard InChI is InChI=1S/C34H37ClF2N2O3/c1-20-4-3-5-23(21(20)2)19-39(25-8-9-25)34(40)31-27(16-24-17-38-18-28(24)31)22-6-10-26(11-7-22)41-14-15-42-33-30(37)13-12-29(36)32(33)35/h3-7,10-13,24-25,27-28,31,38H,8-9,14-19H2,1-2H3/t24-,27-,28+,31-/m1/s1. The summed E-state index contributed by atoms with van der Waals surface area (Å²) in [6.07, 6.45) is 3.15. The fraction of sp³-hybridized carbons (Fsp3) is 0.441. The van der Waals surface area contributed by atoms with E-state index in [4.69, 9.17) is 21.1 Å². The van der Waals surface area contributed by atoms with Crippen molar-refractivity contribution in [2.24, 2.45) is 17.8 Å². The Morgan fingerprint density at radius 3 is 2.48 bits per heavy atom. The summed E-state index contributed by atoms with van der Waals surface area (Å²) >= 11 is 5.83. The van der Waals surface area contributed by atoms with Crippen LogP contribution < -0.4 is 14.8 Å². The summed E-state index contributed by atoms with van der Waals surface area (Å²) in [5.41, 5.74) is 4.92. The van der Waals surface area contributed by atoms with Crippen LogP contribution in [0.1, 0.15) is 47.4 Å². The van der Waals surface area contributed by atoms with Crippen LogP contribution in [0.5, 0.6) is 11.5 Å². The molecule has 5 nitrogen and oxygen atoms in total. The summed E-state index contributed by atoms with van der Waals surface area (Å²) in [7, 11) is 0. The van der Waals surface area contributed by atoms with Gasteiger partial charge in [-0.1, -0.05) is 41.9 Å². The zero-order chi connectivity index (χ0) is 29.4. The molecule has 1 saturated heterocycles. The van der Waals surface area contributed by atoms with Gasteiger partial charge in [-0.15, -0.1) is 0 Å². The molecule has 42 heavy (non-hydrogen) atoms. The molecule has 6 rings (SSSR count). The van der Waals surface area contributed by atoms with Crippen LogP contribution in [0.2, 0.25) is 5.02 Å². The van der Waals surface area contributed by atoms with Gasteiger partial charge >= 0.3 is 0 Å². The molecule has 0 aromatic heterocycles. The number of nitrogens with one attached hydrogen (secondary N) is 1. The van der Waals surface area contributed by atoms with E-state index in [9.17, 15) is 13.6 Å². The van der Waals surface area contributed by atoms with E-state index in [1.165, 1.54) is 16.7 Å². The van der Waals surface area contributed by atoms with Crippen LogP contribution in [-0.2, 0) is 11.3 Å². The van der Waals surface area contributed by atoms with Gasteiger partial charge in [0.05, 0.1) is 0 Å². The molecule has 0 spiro atoms. The first-order valence-electron chi connectivity index (χ1n) is 14.9. The number of benzene rings is 3. The second kappa shape index (κ2) is 12.2. The molecule has 0 unspecified atom stereocenters. The number of hydrogen-bond acceptors (Lipinski definition) is 4. The highest BCUT2D eigenvalue weighted by atomic mass is 35.5. The topological polar surface area (TPSA) is 50.8 Å². The lowest BCUT2D eigenvalue weighted by Crippen LogP contribution is -2.41. The Morgan fingerprint density at radius 2 is 1.71 bits per heavy atom. The van der Waals surface area contributed by atoms with Crippen molar-refractivity contribution in [3.8, 4) is 11.5 Å². The molecule has 1 aliphatic heterocycles. The monoisotopic (exact) mass is 594 g/mol. The minimum Gasteiger partial charge on any atom is -0.490 e. The maximum Gasteiger partial charge on any atom is 0.227 e. The van der Waals surface area contributed by atoms with E-state index in [1.807, 2.05) is 12.1 Å². The van der Waals surface area contributed by atoms with Gasteiger partial charge in [-0.05, 0) is 110 Å². The Bertz CT molecular complexity index is 1450. The smallest absolute Gasteiger partial charge is 0.227 e. The van der Waals surface area contributed by atoms with Crippen LogP contribution >= 0.6 is 11.6 Å². The minimum atomic E-state index is -0.737. The Morgan fingerprint density at radius 1 is 0.976 bits per heavy atom. The summed E-state index contributed by atoms with van der Waals surface area (Å²) in [5, 5.41) is 3.16. The van der Waals surface area contributed by atoms with Gasteiger partial charge in [-0.2, -0.15) is 0 Å². The van der Waals surface area contributed by atoms with E-state index >= 15 is 0 Å². The van der Waals surface area contributed by atoms with E-state index in [-0.39, 0.29) is 35.8 Å². The molecule has 2 saturated carbocycles. The molecule has 222 valence electrons. The molecular weight excluding hydrogens is 558 g/mol. The van der Waals surface area contributed by atoms with Crippen LogP contribution in [-0.4, -0.2) is 43.2 Å². The average Bonchev–Trinajstić information content (AvgIpc) is 3.61. The first kappa shape index (κ1) is 28.9. The van der Waals surface area contributed by atoms with E-state index in [0.29, 0.717) is 36.1 Å². The van der Waals surface area contributed by atoms with Gasteiger partial charge < -0.3 is 19.7 Å². The zero-order valence-corrected chi connectivity index (χ0v) is 24.8. The predicted octanol–water partition coefficient (Wildman–Crippen LogP) is 6.82. The second-order valence-corrected chi connectivity index (χ2v) is 12.3. The average molecular weight is 595 g/mol. The Balaban J connectivity index is 1.14. The van der Waals surface area contributed by atoms with Crippen LogP contribution in [0.3, 0.4) is 0 Å². The van der Waals surface area contributed by atoms with Crippen LogP contribution in [0.25, 0.3) is 0 Å². The van der Waals surface area contributed by atoms with Gasteiger partial charge in [-0.25, -0.2) is 8.78 Å².